The molecule has 2 amide bonds. The van der Waals surface area contributed by atoms with E-state index in [0.29, 0.717) is 6.42 Å². The molecule has 236 valence electrons. The highest BCUT2D eigenvalue weighted by atomic mass is 16.6. The van der Waals surface area contributed by atoms with Crippen LogP contribution >= 0.6 is 0 Å². The summed E-state index contributed by atoms with van der Waals surface area (Å²) < 4.78 is 10.2. The quantitative estimate of drug-likeness (QED) is 0.306. The van der Waals surface area contributed by atoms with Gasteiger partial charge in [0.2, 0.25) is 5.91 Å². The van der Waals surface area contributed by atoms with Gasteiger partial charge in [0.1, 0.15) is 23.5 Å². The fourth-order valence-electron chi connectivity index (χ4n) is 2.46. The molecule has 0 spiro atoms. The van der Waals surface area contributed by atoms with Crippen LogP contribution in [0.3, 0.4) is 0 Å². The Hall–Kier alpha value is -2.94. The van der Waals surface area contributed by atoms with Gasteiger partial charge in [-0.15, -0.1) is 0 Å². The van der Waals surface area contributed by atoms with Gasteiger partial charge in [0.05, 0.1) is 7.11 Å². The molecule has 4 N–H and O–H groups in total. The molecule has 0 saturated heterocycles. The third-order valence-electron chi connectivity index (χ3n) is 4.53. The minimum Gasteiger partial charge on any atom is -0.467 e. The molecule has 0 aliphatic rings. The van der Waals surface area contributed by atoms with E-state index >= 15 is 0 Å². The molecule has 9 heteroatoms. The smallest absolute Gasteiger partial charge is 0.408 e. The topological polar surface area (TPSA) is 137 Å². The number of carbonyl (C=O) groups is 4. The van der Waals surface area contributed by atoms with Gasteiger partial charge in [-0.05, 0) is 52.6 Å². The van der Waals surface area contributed by atoms with Gasteiger partial charge in [0.15, 0.2) is 0 Å². The molecule has 0 aromatic heterocycles. The van der Waals surface area contributed by atoms with Crippen LogP contribution in [0.15, 0.2) is 30.3 Å². The lowest BCUT2D eigenvalue weighted by molar-refractivity contribution is -0.145. The number of carbonyl (C=O) groups excluding carboxylic acids is 4. The fourth-order valence-corrected chi connectivity index (χ4v) is 2.46. The molecule has 0 aliphatic carbocycles. The van der Waals surface area contributed by atoms with Gasteiger partial charge in [-0.25, -0.2) is 9.59 Å². The average molecular weight is 572 g/mol. The SMILES string of the molecule is CC.CC.CC.CC(C)=O.CCC(C)(C)OC(=O)NC(C(=O)N[C@@H](Cc1ccccc1)C(=O)OC)C(C)C.CN. The second-order valence-electron chi connectivity index (χ2n) is 8.55. The monoisotopic (exact) mass is 571 g/mol. The van der Waals surface area contributed by atoms with Gasteiger partial charge in [0.25, 0.3) is 0 Å². The lowest BCUT2D eigenvalue weighted by Crippen LogP contribution is -2.55. The first-order valence-electron chi connectivity index (χ1n) is 14.3. The largest absolute Gasteiger partial charge is 0.467 e. The summed E-state index contributed by atoms with van der Waals surface area (Å²) in [6.45, 7) is 24.2. The summed E-state index contributed by atoms with van der Waals surface area (Å²) in [5.74, 6) is -1.05. The highest BCUT2D eigenvalue weighted by molar-refractivity contribution is 5.90. The van der Waals surface area contributed by atoms with E-state index in [9.17, 15) is 19.2 Å². The van der Waals surface area contributed by atoms with Gasteiger partial charge in [-0.3, -0.25) is 4.79 Å². The van der Waals surface area contributed by atoms with Gasteiger partial charge in [-0.2, -0.15) is 0 Å². The van der Waals surface area contributed by atoms with E-state index in [-0.39, 0.29) is 18.1 Å². The van der Waals surface area contributed by atoms with E-state index in [1.165, 1.54) is 28.0 Å². The lowest BCUT2D eigenvalue weighted by Gasteiger charge is -2.28. The highest BCUT2D eigenvalue weighted by Crippen LogP contribution is 2.14. The van der Waals surface area contributed by atoms with Crippen molar-refractivity contribution < 1.29 is 28.7 Å². The molecule has 40 heavy (non-hydrogen) atoms. The van der Waals surface area contributed by atoms with Crippen LogP contribution in [-0.2, 0) is 30.3 Å². The first kappa shape index (κ1) is 46.9. The zero-order valence-corrected chi connectivity index (χ0v) is 28.1. The molecule has 0 heterocycles. The van der Waals surface area contributed by atoms with Gasteiger partial charge < -0.3 is 30.6 Å². The third kappa shape index (κ3) is 26.7. The average Bonchev–Trinajstić information content (AvgIpc) is 2.95. The molecule has 2 atom stereocenters. The van der Waals surface area contributed by atoms with Crippen molar-refractivity contribution in [3.05, 3.63) is 35.9 Å². The Morgan fingerprint density at radius 3 is 1.65 bits per heavy atom. The first-order chi connectivity index (χ1) is 18.8. The van der Waals surface area contributed by atoms with E-state index in [4.69, 9.17) is 9.47 Å². The van der Waals surface area contributed by atoms with Crippen LogP contribution in [0.1, 0.15) is 102 Å². The molecule has 1 aromatic rings. The van der Waals surface area contributed by atoms with Crippen molar-refractivity contribution in [1.29, 1.82) is 0 Å². The maximum absolute atomic E-state index is 12.8. The first-order valence-corrected chi connectivity index (χ1v) is 14.3. The van der Waals surface area contributed by atoms with Crippen molar-refractivity contribution in [2.75, 3.05) is 14.2 Å². The summed E-state index contributed by atoms with van der Waals surface area (Å²) in [5, 5.41) is 5.30. The number of hydrogen-bond acceptors (Lipinski definition) is 7. The summed E-state index contributed by atoms with van der Waals surface area (Å²) in [6, 6.07) is 7.62. The standard InChI is InChI=1S/C21H32N2O5.C3H6O.3C2H6.CH5N/c1-7-21(4,5)28-20(26)23-17(14(2)3)18(24)22-16(19(25)27-6)13-15-11-9-8-10-12-15;1-3(2)4;4*1-2/h8-12,14,16-17H,7,13H2,1-6H3,(H,22,24)(H,23,26);1-2H3;3*1-2H3;2H2,1H3/t16-,17?;;;;;/m0...../s1. The van der Waals surface area contributed by atoms with E-state index in [1.54, 1.807) is 27.7 Å². The summed E-state index contributed by atoms with van der Waals surface area (Å²) >= 11 is 0. The number of nitrogens with one attached hydrogen (secondary N) is 2. The van der Waals surface area contributed by atoms with Crippen LogP contribution in [0.5, 0.6) is 0 Å². The fraction of sp³-hybridized carbons (Fsp3) is 0.677. The minimum absolute atomic E-state index is 0.167. The molecular formula is C31H61N3O6. The Kier molecular flexibility index (Phi) is 35.9. The molecule has 1 unspecified atom stereocenters. The van der Waals surface area contributed by atoms with Crippen LogP contribution in [0, 0.1) is 5.92 Å². The predicted octanol–water partition coefficient (Wildman–Crippen LogP) is 6.08. The van der Waals surface area contributed by atoms with Crippen molar-refractivity contribution in [3.63, 3.8) is 0 Å². The zero-order chi connectivity index (χ0) is 32.9. The number of hydrogen-bond donors (Lipinski definition) is 3. The third-order valence-corrected chi connectivity index (χ3v) is 4.53. The predicted molar refractivity (Wildman–Crippen MR) is 167 cm³/mol. The van der Waals surface area contributed by atoms with Crippen LogP contribution in [0.2, 0.25) is 0 Å². The zero-order valence-electron chi connectivity index (χ0n) is 28.1. The summed E-state index contributed by atoms with van der Waals surface area (Å²) in [5.41, 5.74) is 4.75. The number of esters is 1. The number of benzene rings is 1. The molecule has 1 rings (SSSR count). The lowest BCUT2D eigenvalue weighted by atomic mass is 10.0. The van der Waals surface area contributed by atoms with Gasteiger partial charge in [-0.1, -0.05) is 92.6 Å². The van der Waals surface area contributed by atoms with Crippen molar-refractivity contribution in [3.8, 4) is 0 Å². The number of rotatable bonds is 9. The normalized spacial score (nSPS) is 10.6. The molecule has 0 aliphatic heterocycles. The van der Waals surface area contributed by atoms with Crippen molar-refractivity contribution >= 4 is 23.8 Å². The Bertz CT molecular complexity index is 749. The number of methoxy groups -OCH3 is 1. The maximum atomic E-state index is 12.8. The molecule has 0 bridgehead atoms. The van der Waals surface area contributed by atoms with Crippen molar-refractivity contribution in [1.82, 2.24) is 10.6 Å². The Balaban J connectivity index is -0.000000294. The molecule has 9 nitrogen and oxygen atoms in total. The summed E-state index contributed by atoms with van der Waals surface area (Å²) in [4.78, 5) is 46.6. The van der Waals surface area contributed by atoms with Gasteiger partial charge >= 0.3 is 12.1 Å². The van der Waals surface area contributed by atoms with Gasteiger partial charge in [0, 0.05) is 6.42 Å². The number of Topliss-reactive ketones (excluding diaryl/α,β-unsaturated/α-hetero) is 1. The van der Waals surface area contributed by atoms with E-state index in [1.807, 2.05) is 78.8 Å². The molecule has 0 saturated carbocycles. The van der Waals surface area contributed by atoms with Crippen LogP contribution in [0.25, 0.3) is 0 Å². The summed E-state index contributed by atoms with van der Waals surface area (Å²) in [7, 11) is 2.77. The highest BCUT2D eigenvalue weighted by Gasteiger charge is 2.31. The number of alkyl carbamates (subject to hydrolysis) is 1. The second kappa shape index (κ2) is 30.6. The summed E-state index contributed by atoms with van der Waals surface area (Å²) in [6.07, 6.45) is 0.260. The minimum atomic E-state index is -0.856. The van der Waals surface area contributed by atoms with E-state index in [0.717, 1.165) is 5.56 Å². The van der Waals surface area contributed by atoms with E-state index in [2.05, 4.69) is 16.4 Å². The van der Waals surface area contributed by atoms with Crippen LogP contribution < -0.4 is 16.4 Å². The Morgan fingerprint density at radius 2 is 1.30 bits per heavy atom. The van der Waals surface area contributed by atoms with Crippen molar-refractivity contribution in [2.45, 2.75) is 121 Å². The van der Waals surface area contributed by atoms with Crippen molar-refractivity contribution in [2.24, 2.45) is 11.7 Å². The number of amides is 2. The Labute approximate surface area is 245 Å². The Morgan fingerprint density at radius 1 is 0.875 bits per heavy atom. The number of ether oxygens (including phenoxy) is 2. The number of nitrogens with two attached hydrogens (primary N) is 1. The molecule has 1 aromatic carbocycles. The molecule has 0 fully saturated rings. The van der Waals surface area contributed by atoms with Crippen LogP contribution in [0.4, 0.5) is 4.79 Å². The molecule has 0 radical (unpaired) electrons. The second-order valence-corrected chi connectivity index (χ2v) is 8.55. The maximum Gasteiger partial charge on any atom is 0.408 e. The van der Waals surface area contributed by atoms with Crippen LogP contribution in [-0.4, -0.2) is 55.6 Å². The van der Waals surface area contributed by atoms with E-state index < -0.39 is 35.7 Å². The number of ketones is 1. The molecular weight excluding hydrogens is 510 g/mol.